The number of rotatable bonds is 6. The molecule has 1 aromatic rings. The molecule has 1 aliphatic heterocycles. The third-order valence-corrected chi connectivity index (χ3v) is 3.86. The molecule has 140 valence electrons. The number of hydrogen-bond acceptors (Lipinski definition) is 5. The van der Waals surface area contributed by atoms with Gasteiger partial charge in [-0.15, -0.1) is 24.0 Å². The minimum Gasteiger partial charge on any atom is -0.465 e. The van der Waals surface area contributed by atoms with Gasteiger partial charge in [-0.1, -0.05) is 12.1 Å². The predicted molar refractivity (Wildman–Crippen MR) is 109 cm³/mol. The van der Waals surface area contributed by atoms with E-state index in [2.05, 4.69) is 20.5 Å². The molecular weight excluding hydrogens is 435 g/mol. The van der Waals surface area contributed by atoms with Crippen molar-refractivity contribution in [1.82, 2.24) is 15.5 Å². The molecule has 2 N–H and O–H groups in total. The van der Waals surface area contributed by atoms with E-state index < -0.39 is 0 Å². The Bertz CT molecular complexity index is 563. The summed E-state index contributed by atoms with van der Waals surface area (Å²) in [5, 5.41) is 6.55. The van der Waals surface area contributed by atoms with Crippen molar-refractivity contribution in [2.24, 2.45) is 4.99 Å². The largest absolute Gasteiger partial charge is 0.465 e. The first-order chi connectivity index (χ1) is 11.7. The molecule has 0 amide bonds. The van der Waals surface area contributed by atoms with Crippen LogP contribution in [0.1, 0.15) is 15.9 Å². The van der Waals surface area contributed by atoms with Gasteiger partial charge in [0.25, 0.3) is 0 Å². The lowest BCUT2D eigenvalue weighted by Gasteiger charge is -2.26. The van der Waals surface area contributed by atoms with E-state index in [0.29, 0.717) is 12.1 Å². The number of esters is 1. The summed E-state index contributed by atoms with van der Waals surface area (Å²) in [5.41, 5.74) is 1.54. The number of carbonyl (C=O) groups excluding carboxylic acids is 1. The molecule has 7 nitrogen and oxygen atoms in total. The molecule has 1 heterocycles. The fraction of sp³-hybridized carbons (Fsp3) is 0.529. The molecule has 1 aromatic carbocycles. The van der Waals surface area contributed by atoms with Crippen LogP contribution >= 0.6 is 24.0 Å². The number of methoxy groups -OCH3 is 1. The first-order valence-corrected chi connectivity index (χ1v) is 8.15. The van der Waals surface area contributed by atoms with Gasteiger partial charge in [-0.2, -0.15) is 0 Å². The van der Waals surface area contributed by atoms with Gasteiger partial charge < -0.3 is 20.1 Å². The molecule has 0 radical (unpaired) electrons. The van der Waals surface area contributed by atoms with Crippen LogP contribution in [-0.4, -0.2) is 70.4 Å². The van der Waals surface area contributed by atoms with Gasteiger partial charge in [0.05, 0.1) is 25.9 Å². The summed E-state index contributed by atoms with van der Waals surface area (Å²) in [6.45, 7) is 5.95. The van der Waals surface area contributed by atoms with Crippen LogP contribution in [0.5, 0.6) is 0 Å². The Morgan fingerprint density at radius 1 is 1.32 bits per heavy atom. The lowest BCUT2D eigenvalue weighted by Crippen LogP contribution is -2.44. The number of nitrogens with zero attached hydrogens (tertiary/aromatic N) is 2. The minimum atomic E-state index is -0.329. The summed E-state index contributed by atoms with van der Waals surface area (Å²) in [6.07, 6.45) is 0. The van der Waals surface area contributed by atoms with Crippen molar-refractivity contribution in [3.8, 4) is 0 Å². The fourth-order valence-corrected chi connectivity index (χ4v) is 2.49. The van der Waals surface area contributed by atoms with E-state index >= 15 is 0 Å². The summed E-state index contributed by atoms with van der Waals surface area (Å²) >= 11 is 0. The quantitative estimate of drug-likeness (QED) is 0.286. The lowest BCUT2D eigenvalue weighted by atomic mass is 10.1. The van der Waals surface area contributed by atoms with Gasteiger partial charge in [0.2, 0.25) is 0 Å². The maximum absolute atomic E-state index is 11.6. The zero-order valence-electron chi connectivity index (χ0n) is 14.8. The molecule has 0 atom stereocenters. The molecule has 0 aromatic heterocycles. The molecule has 2 rings (SSSR count). The molecule has 25 heavy (non-hydrogen) atoms. The second-order valence-corrected chi connectivity index (χ2v) is 5.50. The van der Waals surface area contributed by atoms with Crippen LogP contribution in [0.2, 0.25) is 0 Å². The Balaban J connectivity index is 0.00000312. The highest BCUT2D eigenvalue weighted by molar-refractivity contribution is 14.0. The van der Waals surface area contributed by atoms with Crippen molar-refractivity contribution >= 4 is 35.9 Å². The van der Waals surface area contributed by atoms with Crippen LogP contribution in [0.4, 0.5) is 0 Å². The number of aliphatic imine (C=N–C) groups is 1. The summed E-state index contributed by atoms with van der Waals surface area (Å²) in [5.74, 6) is 0.414. The van der Waals surface area contributed by atoms with E-state index in [1.54, 1.807) is 13.1 Å². The fourth-order valence-electron chi connectivity index (χ4n) is 2.49. The number of guanidine groups is 1. The van der Waals surface area contributed by atoms with E-state index in [1.165, 1.54) is 7.11 Å². The second kappa shape index (κ2) is 12.0. The second-order valence-electron chi connectivity index (χ2n) is 5.50. The van der Waals surface area contributed by atoms with Crippen LogP contribution in [0.3, 0.4) is 0 Å². The molecule has 1 aliphatic rings. The van der Waals surface area contributed by atoms with E-state index in [-0.39, 0.29) is 29.9 Å². The van der Waals surface area contributed by atoms with Gasteiger partial charge in [0, 0.05) is 39.8 Å². The van der Waals surface area contributed by atoms with E-state index in [0.717, 1.165) is 50.9 Å². The zero-order valence-corrected chi connectivity index (χ0v) is 17.1. The summed E-state index contributed by atoms with van der Waals surface area (Å²) in [4.78, 5) is 18.1. The van der Waals surface area contributed by atoms with Crippen molar-refractivity contribution < 1.29 is 14.3 Å². The first-order valence-electron chi connectivity index (χ1n) is 8.15. The molecule has 0 saturated carbocycles. The van der Waals surface area contributed by atoms with Crippen molar-refractivity contribution in [2.75, 3.05) is 53.6 Å². The van der Waals surface area contributed by atoms with Gasteiger partial charge in [0.1, 0.15) is 0 Å². The van der Waals surface area contributed by atoms with Crippen LogP contribution in [0.25, 0.3) is 0 Å². The Hall–Kier alpha value is -1.39. The molecule has 1 fully saturated rings. The van der Waals surface area contributed by atoms with Crippen molar-refractivity contribution in [1.29, 1.82) is 0 Å². The maximum atomic E-state index is 11.6. The van der Waals surface area contributed by atoms with Gasteiger partial charge >= 0.3 is 5.97 Å². The van der Waals surface area contributed by atoms with Crippen LogP contribution < -0.4 is 10.6 Å². The first kappa shape index (κ1) is 21.7. The molecule has 0 aliphatic carbocycles. The van der Waals surface area contributed by atoms with E-state index in [9.17, 15) is 4.79 Å². The summed E-state index contributed by atoms with van der Waals surface area (Å²) in [7, 11) is 3.13. The molecule has 0 spiro atoms. The third kappa shape index (κ3) is 7.57. The molecule has 0 unspecified atom stereocenters. The van der Waals surface area contributed by atoms with Crippen LogP contribution in [0, 0.1) is 0 Å². The van der Waals surface area contributed by atoms with Crippen LogP contribution in [0.15, 0.2) is 29.3 Å². The number of nitrogens with one attached hydrogen (secondary N) is 2. The van der Waals surface area contributed by atoms with Gasteiger partial charge in [-0.25, -0.2) is 4.79 Å². The number of ether oxygens (including phenoxy) is 2. The number of morpholine rings is 1. The number of carbonyl (C=O) groups is 1. The topological polar surface area (TPSA) is 75.2 Å². The number of hydrogen-bond donors (Lipinski definition) is 2. The average molecular weight is 462 g/mol. The summed E-state index contributed by atoms with van der Waals surface area (Å²) in [6, 6.07) is 7.36. The third-order valence-electron chi connectivity index (χ3n) is 3.86. The Kier molecular flexibility index (Phi) is 10.4. The predicted octanol–water partition coefficient (Wildman–Crippen LogP) is 1.09. The van der Waals surface area contributed by atoms with Gasteiger partial charge in [-0.3, -0.25) is 9.89 Å². The monoisotopic (exact) mass is 462 g/mol. The standard InChI is InChI=1S/C17H26N4O3.HI/c1-18-17(19-6-7-21-8-10-24-11-9-21)20-13-14-4-3-5-15(12-14)16(22)23-2;/h3-5,12H,6-11,13H2,1-2H3,(H2,18,19,20);1H. The van der Waals surface area contributed by atoms with Gasteiger partial charge in [0.15, 0.2) is 5.96 Å². The van der Waals surface area contributed by atoms with Crippen molar-refractivity contribution in [2.45, 2.75) is 6.54 Å². The zero-order chi connectivity index (χ0) is 17.2. The van der Waals surface area contributed by atoms with Crippen molar-refractivity contribution in [3.63, 3.8) is 0 Å². The highest BCUT2D eigenvalue weighted by Crippen LogP contribution is 2.06. The van der Waals surface area contributed by atoms with Crippen molar-refractivity contribution in [3.05, 3.63) is 35.4 Å². The molecule has 0 bridgehead atoms. The highest BCUT2D eigenvalue weighted by Gasteiger charge is 2.10. The number of halogens is 1. The van der Waals surface area contributed by atoms with E-state index in [4.69, 9.17) is 9.47 Å². The smallest absolute Gasteiger partial charge is 0.337 e. The van der Waals surface area contributed by atoms with Crippen LogP contribution in [-0.2, 0) is 16.0 Å². The minimum absolute atomic E-state index is 0. The Morgan fingerprint density at radius 3 is 2.76 bits per heavy atom. The lowest BCUT2D eigenvalue weighted by molar-refractivity contribution is 0.0389. The SMILES string of the molecule is CN=C(NCCN1CCOCC1)NCc1cccc(C(=O)OC)c1.I. The molecule has 1 saturated heterocycles. The van der Waals surface area contributed by atoms with Gasteiger partial charge in [-0.05, 0) is 17.7 Å². The Labute approximate surface area is 166 Å². The van der Waals surface area contributed by atoms with E-state index in [1.807, 2.05) is 18.2 Å². The highest BCUT2D eigenvalue weighted by atomic mass is 127. The normalized spacial score (nSPS) is 15.2. The molecular formula is C17H27IN4O3. The Morgan fingerprint density at radius 2 is 2.08 bits per heavy atom. The maximum Gasteiger partial charge on any atom is 0.337 e. The summed E-state index contributed by atoms with van der Waals surface area (Å²) < 4.78 is 10.1. The molecule has 8 heteroatoms. The average Bonchev–Trinajstić information content (AvgIpc) is 2.65. The number of benzene rings is 1.